The molecular formula is C20H33N5O2S. The number of thioether (sulfide) groups is 1. The van der Waals surface area contributed by atoms with Crippen LogP contribution in [0.15, 0.2) is 5.16 Å². The van der Waals surface area contributed by atoms with E-state index in [0.29, 0.717) is 30.7 Å². The second-order valence-electron chi connectivity index (χ2n) is 7.99. The fraction of sp³-hybridized carbons (Fsp3) is 0.800. The van der Waals surface area contributed by atoms with E-state index in [0.717, 1.165) is 49.8 Å². The lowest BCUT2D eigenvalue weighted by Gasteiger charge is -2.29. The van der Waals surface area contributed by atoms with Crippen molar-refractivity contribution in [3.8, 4) is 0 Å². The Morgan fingerprint density at radius 1 is 1.18 bits per heavy atom. The quantitative estimate of drug-likeness (QED) is 0.703. The summed E-state index contributed by atoms with van der Waals surface area (Å²) in [6.45, 7) is 6.30. The molecule has 7 nitrogen and oxygen atoms in total. The van der Waals surface area contributed by atoms with Gasteiger partial charge < -0.3 is 14.8 Å². The first-order chi connectivity index (χ1) is 13.6. The maximum absolute atomic E-state index is 12.4. The number of nitrogens with one attached hydrogen (secondary N) is 1. The van der Waals surface area contributed by atoms with Gasteiger partial charge in [0.25, 0.3) is 0 Å². The zero-order chi connectivity index (χ0) is 19.9. The lowest BCUT2D eigenvalue weighted by Crippen LogP contribution is -2.41. The third-order valence-electron chi connectivity index (χ3n) is 5.90. The highest BCUT2D eigenvalue weighted by molar-refractivity contribution is 7.99. The summed E-state index contributed by atoms with van der Waals surface area (Å²) >= 11 is 1.43. The molecule has 3 rings (SSSR count). The van der Waals surface area contributed by atoms with E-state index in [2.05, 4.69) is 22.4 Å². The minimum atomic E-state index is 0.0682. The third kappa shape index (κ3) is 5.49. The van der Waals surface area contributed by atoms with Gasteiger partial charge in [0.1, 0.15) is 0 Å². The van der Waals surface area contributed by atoms with Crippen LogP contribution in [0.5, 0.6) is 0 Å². The first-order valence-corrected chi connectivity index (χ1v) is 11.7. The van der Waals surface area contributed by atoms with Gasteiger partial charge >= 0.3 is 0 Å². The van der Waals surface area contributed by atoms with Crippen LogP contribution >= 0.6 is 11.8 Å². The molecule has 8 heteroatoms. The van der Waals surface area contributed by atoms with Gasteiger partial charge in [-0.25, -0.2) is 0 Å². The number of hydrogen-bond donors (Lipinski definition) is 1. The minimum absolute atomic E-state index is 0.0682. The molecule has 1 aromatic rings. The Hall–Kier alpha value is -1.57. The van der Waals surface area contributed by atoms with Gasteiger partial charge in [-0.2, -0.15) is 0 Å². The third-order valence-corrected chi connectivity index (χ3v) is 6.87. The van der Waals surface area contributed by atoms with E-state index in [9.17, 15) is 9.59 Å². The Morgan fingerprint density at radius 3 is 2.79 bits per heavy atom. The molecule has 0 bridgehead atoms. The molecule has 2 heterocycles. The predicted molar refractivity (Wildman–Crippen MR) is 110 cm³/mol. The number of likely N-dealkylation sites (tertiary alicyclic amines) is 1. The van der Waals surface area contributed by atoms with Gasteiger partial charge in [0.05, 0.1) is 12.3 Å². The van der Waals surface area contributed by atoms with E-state index < -0.39 is 0 Å². The standard InChI is InChI=1S/C20H33N5O2S/c1-3-25-17(13-24-12-8-4-5-11-19(24)27)22-23-20(25)28-14-18(26)21-16-10-7-6-9-15(16)2/h15-16H,3-14H2,1-2H3,(H,21,26)/t15-,16+/m0/s1. The zero-order valence-corrected chi connectivity index (χ0v) is 18.0. The number of nitrogens with zero attached hydrogens (tertiary/aromatic N) is 4. The van der Waals surface area contributed by atoms with Gasteiger partial charge in [-0.15, -0.1) is 10.2 Å². The van der Waals surface area contributed by atoms with E-state index in [-0.39, 0.29) is 11.8 Å². The average molecular weight is 408 g/mol. The topological polar surface area (TPSA) is 80.1 Å². The van der Waals surface area contributed by atoms with Crippen LogP contribution in [0, 0.1) is 5.92 Å². The maximum atomic E-state index is 12.4. The van der Waals surface area contributed by atoms with Gasteiger partial charge in [-0.1, -0.05) is 37.9 Å². The fourth-order valence-corrected chi connectivity index (χ4v) is 4.98. The fourth-order valence-electron chi connectivity index (χ4n) is 4.15. The molecule has 2 amide bonds. The number of amides is 2. The normalized spacial score (nSPS) is 23.5. The lowest BCUT2D eigenvalue weighted by molar-refractivity contribution is -0.131. The predicted octanol–water partition coefficient (Wildman–Crippen LogP) is 2.99. The summed E-state index contributed by atoms with van der Waals surface area (Å²) in [4.78, 5) is 26.6. The molecule has 1 aliphatic heterocycles. The van der Waals surface area contributed by atoms with Gasteiger partial charge in [0.15, 0.2) is 11.0 Å². The first-order valence-electron chi connectivity index (χ1n) is 10.7. The number of rotatable bonds is 7. The molecule has 0 unspecified atom stereocenters. The molecule has 1 aromatic heterocycles. The molecule has 0 spiro atoms. The Kier molecular flexibility index (Phi) is 7.76. The van der Waals surface area contributed by atoms with E-state index >= 15 is 0 Å². The number of hydrogen-bond acceptors (Lipinski definition) is 5. The second-order valence-corrected chi connectivity index (χ2v) is 8.94. The molecule has 1 aliphatic carbocycles. The molecule has 2 fully saturated rings. The molecule has 0 aromatic carbocycles. The van der Waals surface area contributed by atoms with E-state index in [1.54, 1.807) is 0 Å². The van der Waals surface area contributed by atoms with Crippen LogP contribution in [0.4, 0.5) is 0 Å². The summed E-state index contributed by atoms with van der Waals surface area (Å²) in [5.74, 6) is 1.99. The molecule has 0 radical (unpaired) electrons. The lowest BCUT2D eigenvalue weighted by atomic mass is 9.86. The number of carbonyl (C=O) groups is 2. The summed E-state index contributed by atoms with van der Waals surface area (Å²) < 4.78 is 2.03. The summed E-state index contributed by atoms with van der Waals surface area (Å²) in [6, 6.07) is 0.301. The van der Waals surface area contributed by atoms with E-state index in [4.69, 9.17) is 0 Å². The highest BCUT2D eigenvalue weighted by Crippen LogP contribution is 2.24. The van der Waals surface area contributed by atoms with Crippen LogP contribution in [0.2, 0.25) is 0 Å². The Bertz CT molecular complexity index is 678. The van der Waals surface area contributed by atoms with Crippen LogP contribution < -0.4 is 5.32 Å². The zero-order valence-electron chi connectivity index (χ0n) is 17.2. The highest BCUT2D eigenvalue weighted by atomic mass is 32.2. The van der Waals surface area contributed by atoms with Gasteiger partial charge in [0.2, 0.25) is 11.8 Å². The van der Waals surface area contributed by atoms with E-state index in [1.165, 1.54) is 31.0 Å². The van der Waals surface area contributed by atoms with Crippen molar-refractivity contribution in [2.45, 2.75) is 89.5 Å². The van der Waals surface area contributed by atoms with Crippen molar-refractivity contribution in [2.24, 2.45) is 5.92 Å². The van der Waals surface area contributed by atoms with Crippen molar-refractivity contribution in [3.63, 3.8) is 0 Å². The van der Waals surface area contributed by atoms with Gasteiger partial charge in [0, 0.05) is 25.6 Å². The highest BCUT2D eigenvalue weighted by Gasteiger charge is 2.24. The molecule has 156 valence electrons. The van der Waals surface area contributed by atoms with Crippen molar-refractivity contribution in [1.29, 1.82) is 0 Å². The van der Waals surface area contributed by atoms with Crippen molar-refractivity contribution in [1.82, 2.24) is 25.0 Å². The average Bonchev–Trinajstić information content (AvgIpc) is 2.96. The summed E-state index contributed by atoms with van der Waals surface area (Å²) in [5, 5.41) is 12.6. The number of aromatic nitrogens is 3. The molecule has 28 heavy (non-hydrogen) atoms. The monoisotopic (exact) mass is 407 g/mol. The molecule has 1 saturated heterocycles. The summed E-state index contributed by atoms with van der Waals surface area (Å²) in [5.41, 5.74) is 0. The minimum Gasteiger partial charge on any atom is -0.352 e. The van der Waals surface area contributed by atoms with Gasteiger partial charge in [-0.3, -0.25) is 9.59 Å². The number of carbonyl (C=O) groups excluding carboxylic acids is 2. The smallest absolute Gasteiger partial charge is 0.230 e. The largest absolute Gasteiger partial charge is 0.352 e. The van der Waals surface area contributed by atoms with Crippen LogP contribution in [-0.2, 0) is 22.7 Å². The first kappa shape index (κ1) is 21.1. The summed E-state index contributed by atoms with van der Waals surface area (Å²) in [6.07, 6.45) is 8.51. The molecular weight excluding hydrogens is 374 g/mol. The van der Waals surface area contributed by atoms with Crippen molar-refractivity contribution in [3.05, 3.63) is 5.82 Å². The Balaban J connectivity index is 1.55. The molecule has 2 atom stereocenters. The molecule has 1 N–H and O–H groups in total. The molecule has 1 saturated carbocycles. The van der Waals surface area contributed by atoms with E-state index in [1.807, 2.05) is 16.4 Å². The van der Waals surface area contributed by atoms with Crippen molar-refractivity contribution in [2.75, 3.05) is 12.3 Å². The summed E-state index contributed by atoms with van der Waals surface area (Å²) in [7, 11) is 0. The van der Waals surface area contributed by atoms with Crippen molar-refractivity contribution >= 4 is 23.6 Å². The van der Waals surface area contributed by atoms with Crippen molar-refractivity contribution < 1.29 is 9.59 Å². The second kappa shape index (κ2) is 10.3. The van der Waals surface area contributed by atoms with Crippen LogP contribution in [-0.4, -0.2) is 49.8 Å². The Labute approximate surface area is 172 Å². The van der Waals surface area contributed by atoms with Crippen LogP contribution in [0.1, 0.15) is 71.0 Å². The SMILES string of the molecule is CCn1c(CN2CCCCCC2=O)nnc1SCC(=O)N[C@@H]1CCCC[C@@H]1C. The van der Waals surface area contributed by atoms with Crippen LogP contribution in [0.3, 0.4) is 0 Å². The molecule has 2 aliphatic rings. The Morgan fingerprint density at radius 2 is 2.00 bits per heavy atom. The maximum Gasteiger partial charge on any atom is 0.230 e. The van der Waals surface area contributed by atoms with Gasteiger partial charge in [-0.05, 0) is 38.5 Å². The van der Waals surface area contributed by atoms with Crippen LogP contribution in [0.25, 0.3) is 0 Å².